The van der Waals surface area contributed by atoms with Crippen molar-refractivity contribution >= 4 is 11.6 Å². The predicted molar refractivity (Wildman–Crippen MR) is 56.8 cm³/mol. The van der Waals surface area contributed by atoms with Crippen LogP contribution in [0.4, 0.5) is 4.39 Å². The molecule has 0 heterocycles. The first-order valence-electron chi connectivity index (χ1n) is 4.31. The van der Waals surface area contributed by atoms with E-state index in [-0.39, 0.29) is 12.0 Å². The number of hydrogen-bond donors (Lipinski definition) is 1. The summed E-state index contributed by atoms with van der Waals surface area (Å²) >= 11 is 5.97. The van der Waals surface area contributed by atoms with Crippen molar-refractivity contribution in [3.8, 4) is 0 Å². The van der Waals surface area contributed by atoms with Gasteiger partial charge in [0.25, 0.3) is 0 Å². The zero-order valence-corrected chi connectivity index (χ0v) is 9.27. The van der Waals surface area contributed by atoms with Crippen molar-refractivity contribution < 1.29 is 4.39 Å². The zero-order chi connectivity index (χ0) is 10.9. The van der Waals surface area contributed by atoms with Crippen LogP contribution in [0.1, 0.15) is 17.3 Å². The highest BCUT2D eigenvalue weighted by Gasteiger charge is 2.14. The maximum absolute atomic E-state index is 13.3. The van der Waals surface area contributed by atoms with Crippen molar-refractivity contribution in [2.75, 3.05) is 14.1 Å². The Morgan fingerprint density at radius 3 is 2.50 bits per heavy atom. The molecule has 0 saturated carbocycles. The second-order valence-electron chi connectivity index (χ2n) is 3.53. The largest absolute Gasteiger partial charge is 0.312 e. The van der Waals surface area contributed by atoms with Gasteiger partial charge in [-0.1, -0.05) is 11.6 Å². The molecule has 2 N–H and O–H groups in total. The van der Waals surface area contributed by atoms with Crippen LogP contribution in [0.15, 0.2) is 12.1 Å². The molecule has 0 fully saturated rings. The number of nitrogens with two attached hydrogens (primary N) is 1. The Labute approximate surface area is 88.5 Å². The first-order chi connectivity index (χ1) is 6.43. The third kappa shape index (κ3) is 2.23. The van der Waals surface area contributed by atoms with Gasteiger partial charge in [-0.3, -0.25) is 4.90 Å². The highest BCUT2D eigenvalue weighted by atomic mass is 35.5. The Balaban J connectivity index is 3.15. The second-order valence-corrected chi connectivity index (χ2v) is 3.94. The van der Waals surface area contributed by atoms with Crippen LogP contribution in [0.2, 0.25) is 5.02 Å². The van der Waals surface area contributed by atoms with Crippen LogP contribution in [0.3, 0.4) is 0 Å². The van der Waals surface area contributed by atoms with Gasteiger partial charge in [0.1, 0.15) is 5.82 Å². The van der Waals surface area contributed by atoms with Gasteiger partial charge in [0.05, 0.1) is 6.17 Å². The highest BCUT2D eigenvalue weighted by molar-refractivity contribution is 6.31. The third-order valence-electron chi connectivity index (χ3n) is 2.15. The fraction of sp³-hybridized carbons (Fsp3) is 0.400. The van der Waals surface area contributed by atoms with Crippen LogP contribution in [0, 0.1) is 12.7 Å². The van der Waals surface area contributed by atoms with Crippen molar-refractivity contribution in [3.05, 3.63) is 34.1 Å². The van der Waals surface area contributed by atoms with E-state index in [1.165, 1.54) is 6.07 Å². The third-order valence-corrected chi connectivity index (χ3v) is 2.48. The molecule has 0 aliphatic heterocycles. The average Bonchev–Trinajstić information content (AvgIpc) is 2.10. The highest BCUT2D eigenvalue weighted by Crippen LogP contribution is 2.25. The average molecular weight is 217 g/mol. The Bertz CT molecular complexity index is 339. The van der Waals surface area contributed by atoms with Gasteiger partial charge >= 0.3 is 0 Å². The van der Waals surface area contributed by atoms with Gasteiger partial charge < -0.3 is 5.73 Å². The molecular formula is C10H14ClFN2. The molecule has 1 rings (SSSR count). The molecule has 0 aliphatic carbocycles. The summed E-state index contributed by atoms with van der Waals surface area (Å²) in [6, 6.07) is 2.98. The van der Waals surface area contributed by atoms with E-state index < -0.39 is 0 Å². The fourth-order valence-corrected chi connectivity index (χ4v) is 1.50. The van der Waals surface area contributed by atoms with E-state index in [0.717, 1.165) is 0 Å². The summed E-state index contributed by atoms with van der Waals surface area (Å²) in [5.74, 6) is -0.276. The van der Waals surface area contributed by atoms with Crippen LogP contribution in [-0.4, -0.2) is 19.0 Å². The molecule has 0 radical (unpaired) electrons. The minimum Gasteiger partial charge on any atom is -0.312 e. The van der Waals surface area contributed by atoms with Gasteiger partial charge in [-0.2, -0.15) is 0 Å². The van der Waals surface area contributed by atoms with Gasteiger partial charge in [0, 0.05) is 10.6 Å². The summed E-state index contributed by atoms with van der Waals surface area (Å²) in [5, 5.41) is 0.505. The summed E-state index contributed by atoms with van der Waals surface area (Å²) in [4.78, 5) is 1.77. The maximum atomic E-state index is 13.3. The quantitative estimate of drug-likeness (QED) is 0.769. The van der Waals surface area contributed by atoms with E-state index in [1.54, 1.807) is 17.9 Å². The van der Waals surface area contributed by atoms with Crippen molar-refractivity contribution in [3.63, 3.8) is 0 Å². The summed E-state index contributed by atoms with van der Waals surface area (Å²) < 4.78 is 13.3. The van der Waals surface area contributed by atoms with E-state index in [0.29, 0.717) is 16.1 Å². The van der Waals surface area contributed by atoms with Crippen molar-refractivity contribution in [2.45, 2.75) is 13.1 Å². The molecule has 0 saturated heterocycles. The Kier molecular flexibility index (Phi) is 3.48. The van der Waals surface area contributed by atoms with Crippen LogP contribution >= 0.6 is 11.6 Å². The first kappa shape index (κ1) is 11.4. The molecule has 78 valence electrons. The summed E-state index contributed by atoms with van der Waals surface area (Å²) in [6.45, 7) is 1.67. The number of hydrogen-bond acceptors (Lipinski definition) is 2. The van der Waals surface area contributed by atoms with Crippen molar-refractivity contribution in [1.29, 1.82) is 0 Å². The number of halogens is 2. The summed E-state index contributed by atoms with van der Waals surface area (Å²) in [6.07, 6.45) is -0.377. The van der Waals surface area contributed by atoms with E-state index in [1.807, 2.05) is 14.1 Å². The van der Waals surface area contributed by atoms with Crippen LogP contribution in [-0.2, 0) is 0 Å². The molecule has 1 aromatic carbocycles. The molecule has 0 bridgehead atoms. The molecule has 2 nitrogen and oxygen atoms in total. The minimum atomic E-state index is -0.377. The lowest BCUT2D eigenvalue weighted by molar-refractivity contribution is 0.306. The monoisotopic (exact) mass is 216 g/mol. The maximum Gasteiger partial charge on any atom is 0.126 e. The SMILES string of the molecule is Cc1cc(Cl)c(C(N)N(C)C)cc1F. The first-order valence-corrected chi connectivity index (χ1v) is 4.69. The smallest absolute Gasteiger partial charge is 0.126 e. The predicted octanol–water partition coefficient (Wildman–Crippen LogP) is 2.31. The van der Waals surface area contributed by atoms with E-state index in [2.05, 4.69) is 0 Å². The molecule has 14 heavy (non-hydrogen) atoms. The van der Waals surface area contributed by atoms with E-state index in [9.17, 15) is 4.39 Å². The van der Waals surface area contributed by atoms with Crippen LogP contribution in [0.25, 0.3) is 0 Å². The summed E-state index contributed by atoms with van der Waals surface area (Å²) in [7, 11) is 3.64. The number of aryl methyl sites for hydroxylation is 1. The van der Waals surface area contributed by atoms with Crippen LogP contribution in [0.5, 0.6) is 0 Å². The van der Waals surface area contributed by atoms with Gasteiger partial charge in [0.2, 0.25) is 0 Å². The molecule has 4 heteroatoms. The molecule has 1 aromatic rings. The molecule has 1 atom stereocenters. The van der Waals surface area contributed by atoms with Gasteiger partial charge in [0.15, 0.2) is 0 Å². The van der Waals surface area contributed by atoms with Gasteiger partial charge in [-0.05, 0) is 38.7 Å². The van der Waals surface area contributed by atoms with E-state index in [4.69, 9.17) is 17.3 Å². The summed E-state index contributed by atoms with van der Waals surface area (Å²) in [5.41, 5.74) is 6.98. The Morgan fingerprint density at radius 2 is 2.00 bits per heavy atom. The minimum absolute atomic E-state index is 0.276. The molecule has 0 aromatic heterocycles. The van der Waals surface area contributed by atoms with E-state index >= 15 is 0 Å². The molecule has 0 aliphatic rings. The lowest BCUT2D eigenvalue weighted by Gasteiger charge is -2.21. The van der Waals surface area contributed by atoms with Crippen molar-refractivity contribution in [2.24, 2.45) is 5.73 Å². The molecule has 1 unspecified atom stereocenters. The normalized spacial score (nSPS) is 13.4. The lowest BCUT2D eigenvalue weighted by Crippen LogP contribution is -2.27. The molecule has 0 amide bonds. The van der Waals surface area contributed by atoms with Gasteiger partial charge in [-0.25, -0.2) is 4.39 Å². The Morgan fingerprint density at radius 1 is 1.43 bits per heavy atom. The Hall–Kier alpha value is -0.640. The number of rotatable bonds is 2. The van der Waals surface area contributed by atoms with Crippen molar-refractivity contribution in [1.82, 2.24) is 4.90 Å². The van der Waals surface area contributed by atoms with Gasteiger partial charge in [-0.15, -0.1) is 0 Å². The second kappa shape index (κ2) is 4.26. The topological polar surface area (TPSA) is 29.3 Å². The molecular weight excluding hydrogens is 203 g/mol. The fourth-order valence-electron chi connectivity index (χ4n) is 1.17. The van der Waals surface area contributed by atoms with Crippen LogP contribution < -0.4 is 5.73 Å². The number of nitrogens with zero attached hydrogens (tertiary/aromatic N) is 1. The zero-order valence-electron chi connectivity index (χ0n) is 8.51. The molecule has 0 spiro atoms. The lowest BCUT2D eigenvalue weighted by atomic mass is 10.1. The standard InChI is InChI=1S/C10H14ClFN2/c1-6-4-8(11)7(5-9(6)12)10(13)14(2)3/h4-5,10H,13H2,1-3H3. The number of benzene rings is 1.